The Morgan fingerprint density at radius 1 is 1.20 bits per heavy atom. The third-order valence-electron chi connectivity index (χ3n) is 4.02. The topological polar surface area (TPSA) is 33.7 Å². The summed E-state index contributed by atoms with van der Waals surface area (Å²) in [6.45, 7) is 3.22. The van der Waals surface area contributed by atoms with Crippen molar-refractivity contribution in [3.63, 3.8) is 0 Å². The molecule has 1 aliphatic rings. The zero-order valence-corrected chi connectivity index (χ0v) is 12.8. The van der Waals surface area contributed by atoms with Gasteiger partial charge in [-0.05, 0) is 44.1 Å². The average Bonchev–Trinajstić information content (AvgIpc) is 2.49. The van der Waals surface area contributed by atoms with Crippen molar-refractivity contribution in [1.82, 2.24) is 10.2 Å². The van der Waals surface area contributed by atoms with Gasteiger partial charge in [-0.3, -0.25) is 4.90 Å². The SMILES string of the molecule is CNCC1CCCCN1Cc1ccc(OC)c(OC)c1. The van der Waals surface area contributed by atoms with Gasteiger partial charge < -0.3 is 14.8 Å². The van der Waals surface area contributed by atoms with Gasteiger partial charge >= 0.3 is 0 Å². The zero-order chi connectivity index (χ0) is 14.4. The van der Waals surface area contributed by atoms with Gasteiger partial charge in [-0.15, -0.1) is 0 Å². The zero-order valence-electron chi connectivity index (χ0n) is 12.8. The van der Waals surface area contributed by atoms with E-state index in [0.29, 0.717) is 6.04 Å². The normalized spacial score (nSPS) is 19.9. The monoisotopic (exact) mass is 278 g/mol. The molecule has 0 aliphatic carbocycles. The third kappa shape index (κ3) is 3.64. The lowest BCUT2D eigenvalue weighted by molar-refractivity contribution is 0.139. The molecule has 0 spiro atoms. The maximum absolute atomic E-state index is 5.38. The van der Waals surface area contributed by atoms with Crippen molar-refractivity contribution in [2.75, 3.05) is 34.4 Å². The molecule has 4 nitrogen and oxygen atoms in total. The van der Waals surface area contributed by atoms with Crippen LogP contribution in [0.15, 0.2) is 18.2 Å². The van der Waals surface area contributed by atoms with Gasteiger partial charge in [-0.25, -0.2) is 0 Å². The summed E-state index contributed by atoms with van der Waals surface area (Å²) in [6.07, 6.45) is 3.93. The first-order valence-corrected chi connectivity index (χ1v) is 7.38. The number of likely N-dealkylation sites (tertiary alicyclic amines) is 1. The number of hydrogen-bond donors (Lipinski definition) is 1. The van der Waals surface area contributed by atoms with E-state index >= 15 is 0 Å². The van der Waals surface area contributed by atoms with Gasteiger partial charge in [-0.2, -0.15) is 0 Å². The number of hydrogen-bond acceptors (Lipinski definition) is 4. The van der Waals surface area contributed by atoms with E-state index in [4.69, 9.17) is 9.47 Å². The molecule has 0 amide bonds. The Labute approximate surface area is 122 Å². The fourth-order valence-electron chi connectivity index (χ4n) is 2.95. The van der Waals surface area contributed by atoms with Crippen LogP contribution in [0.25, 0.3) is 0 Å². The number of benzene rings is 1. The molecule has 1 fully saturated rings. The van der Waals surface area contributed by atoms with E-state index in [2.05, 4.69) is 22.3 Å². The molecular weight excluding hydrogens is 252 g/mol. The summed E-state index contributed by atoms with van der Waals surface area (Å²) < 4.78 is 10.7. The predicted molar refractivity (Wildman–Crippen MR) is 81.5 cm³/mol. The Morgan fingerprint density at radius 2 is 2.00 bits per heavy atom. The molecule has 1 aliphatic heterocycles. The van der Waals surface area contributed by atoms with Crippen LogP contribution in [0, 0.1) is 0 Å². The molecule has 20 heavy (non-hydrogen) atoms. The van der Waals surface area contributed by atoms with Crippen molar-refractivity contribution in [2.45, 2.75) is 31.8 Å². The van der Waals surface area contributed by atoms with Crippen LogP contribution in [-0.2, 0) is 6.54 Å². The quantitative estimate of drug-likeness (QED) is 0.865. The second kappa shape index (κ2) is 7.50. The first-order chi connectivity index (χ1) is 9.78. The second-order valence-corrected chi connectivity index (χ2v) is 5.37. The summed E-state index contributed by atoms with van der Waals surface area (Å²) in [6, 6.07) is 6.85. The number of piperidine rings is 1. The minimum Gasteiger partial charge on any atom is -0.493 e. The highest BCUT2D eigenvalue weighted by molar-refractivity contribution is 5.42. The number of methoxy groups -OCH3 is 2. The lowest BCUT2D eigenvalue weighted by Gasteiger charge is -2.35. The van der Waals surface area contributed by atoms with E-state index in [0.717, 1.165) is 24.6 Å². The standard InChI is InChI=1S/C16H26N2O2/c1-17-11-14-6-4-5-9-18(14)12-13-7-8-15(19-2)16(10-13)20-3/h7-8,10,14,17H,4-6,9,11-12H2,1-3H3. The Hall–Kier alpha value is -1.26. The van der Waals surface area contributed by atoms with Gasteiger partial charge in [0.05, 0.1) is 14.2 Å². The highest BCUT2D eigenvalue weighted by Gasteiger charge is 2.21. The van der Waals surface area contributed by atoms with E-state index in [1.807, 2.05) is 13.1 Å². The Kier molecular flexibility index (Phi) is 5.68. The van der Waals surface area contributed by atoms with Crippen LogP contribution in [0.3, 0.4) is 0 Å². The van der Waals surface area contributed by atoms with Crippen LogP contribution >= 0.6 is 0 Å². The lowest BCUT2D eigenvalue weighted by atomic mass is 10.0. The summed E-state index contributed by atoms with van der Waals surface area (Å²) in [4.78, 5) is 2.57. The number of nitrogens with one attached hydrogen (secondary N) is 1. The van der Waals surface area contributed by atoms with Crippen LogP contribution in [-0.4, -0.2) is 45.3 Å². The smallest absolute Gasteiger partial charge is 0.161 e. The minimum atomic E-state index is 0.641. The predicted octanol–water partition coefficient (Wildman–Crippen LogP) is 2.28. The van der Waals surface area contributed by atoms with E-state index in [-0.39, 0.29) is 0 Å². The summed E-state index contributed by atoms with van der Waals surface area (Å²) in [5, 5.41) is 3.31. The molecule has 4 heteroatoms. The van der Waals surface area contributed by atoms with Gasteiger partial charge in [0.2, 0.25) is 0 Å². The Bertz CT molecular complexity index is 421. The van der Waals surface area contributed by atoms with Crippen LogP contribution in [0.2, 0.25) is 0 Å². The summed E-state index contributed by atoms with van der Waals surface area (Å²) in [5.74, 6) is 1.61. The van der Waals surface area contributed by atoms with Crippen LogP contribution < -0.4 is 14.8 Å². The fraction of sp³-hybridized carbons (Fsp3) is 0.625. The third-order valence-corrected chi connectivity index (χ3v) is 4.02. The molecule has 0 radical (unpaired) electrons. The van der Waals surface area contributed by atoms with Crippen molar-refractivity contribution >= 4 is 0 Å². The molecule has 1 unspecified atom stereocenters. The van der Waals surface area contributed by atoms with Gasteiger partial charge in [0, 0.05) is 19.1 Å². The van der Waals surface area contributed by atoms with Gasteiger partial charge in [0.1, 0.15) is 0 Å². The first kappa shape index (κ1) is 15.1. The molecule has 1 aromatic rings. The highest BCUT2D eigenvalue weighted by atomic mass is 16.5. The van der Waals surface area contributed by atoms with Gasteiger partial charge in [-0.1, -0.05) is 12.5 Å². The minimum absolute atomic E-state index is 0.641. The largest absolute Gasteiger partial charge is 0.493 e. The van der Waals surface area contributed by atoms with Crippen molar-refractivity contribution < 1.29 is 9.47 Å². The van der Waals surface area contributed by atoms with E-state index < -0.39 is 0 Å². The molecular formula is C16H26N2O2. The molecule has 0 saturated carbocycles. The Morgan fingerprint density at radius 3 is 2.70 bits per heavy atom. The lowest BCUT2D eigenvalue weighted by Crippen LogP contribution is -2.44. The van der Waals surface area contributed by atoms with Crippen LogP contribution in [0.4, 0.5) is 0 Å². The highest BCUT2D eigenvalue weighted by Crippen LogP contribution is 2.29. The summed E-state index contributed by atoms with van der Waals surface area (Å²) in [5.41, 5.74) is 1.28. The molecule has 1 saturated heterocycles. The van der Waals surface area contributed by atoms with E-state index in [1.165, 1.54) is 31.4 Å². The number of nitrogens with zero attached hydrogens (tertiary/aromatic N) is 1. The Balaban J connectivity index is 2.07. The van der Waals surface area contributed by atoms with E-state index in [1.54, 1.807) is 14.2 Å². The fourth-order valence-corrected chi connectivity index (χ4v) is 2.95. The molecule has 0 bridgehead atoms. The molecule has 1 heterocycles. The molecule has 1 atom stereocenters. The molecule has 0 aromatic heterocycles. The number of rotatable bonds is 6. The van der Waals surface area contributed by atoms with Crippen molar-refractivity contribution in [1.29, 1.82) is 0 Å². The number of likely N-dealkylation sites (N-methyl/N-ethyl adjacent to an activating group) is 1. The average molecular weight is 278 g/mol. The maximum atomic E-state index is 5.38. The molecule has 1 aromatic carbocycles. The first-order valence-electron chi connectivity index (χ1n) is 7.38. The van der Waals surface area contributed by atoms with E-state index in [9.17, 15) is 0 Å². The maximum Gasteiger partial charge on any atom is 0.161 e. The molecule has 112 valence electrons. The molecule has 2 rings (SSSR count). The second-order valence-electron chi connectivity index (χ2n) is 5.37. The van der Waals surface area contributed by atoms with Crippen molar-refractivity contribution in [2.24, 2.45) is 0 Å². The van der Waals surface area contributed by atoms with Crippen LogP contribution in [0.1, 0.15) is 24.8 Å². The number of ether oxygens (including phenoxy) is 2. The summed E-state index contributed by atoms with van der Waals surface area (Å²) in [7, 11) is 5.39. The van der Waals surface area contributed by atoms with Gasteiger partial charge in [0.15, 0.2) is 11.5 Å². The molecule has 1 N–H and O–H groups in total. The van der Waals surface area contributed by atoms with Crippen molar-refractivity contribution in [3.05, 3.63) is 23.8 Å². The summed E-state index contributed by atoms with van der Waals surface area (Å²) >= 11 is 0. The van der Waals surface area contributed by atoms with Gasteiger partial charge in [0.25, 0.3) is 0 Å². The van der Waals surface area contributed by atoms with Crippen LogP contribution in [0.5, 0.6) is 11.5 Å². The van der Waals surface area contributed by atoms with Crippen molar-refractivity contribution in [3.8, 4) is 11.5 Å².